The highest BCUT2D eigenvalue weighted by Crippen LogP contribution is 2.25. The highest BCUT2D eigenvalue weighted by molar-refractivity contribution is 7.98. The summed E-state index contributed by atoms with van der Waals surface area (Å²) >= 11 is 1.65. The molecule has 2 N–H and O–H groups in total. The zero-order valence-electron chi connectivity index (χ0n) is 10.7. The van der Waals surface area contributed by atoms with Crippen molar-refractivity contribution in [3.05, 3.63) is 60.4 Å². The lowest BCUT2D eigenvalue weighted by molar-refractivity contribution is 0.426. The Morgan fingerprint density at radius 3 is 2.70 bits per heavy atom. The third-order valence-electron chi connectivity index (χ3n) is 2.76. The summed E-state index contributed by atoms with van der Waals surface area (Å²) < 4.78 is 5.36. The maximum atomic E-state index is 5.55. The normalized spacial score (nSPS) is 10.6. The molecule has 3 aromatic rings. The number of thioether (sulfide) groups is 1. The second kappa shape index (κ2) is 5.79. The molecular formula is C15H13N3OS. The molecule has 5 heteroatoms. The molecule has 0 fully saturated rings. The van der Waals surface area contributed by atoms with Gasteiger partial charge in [0.05, 0.1) is 5.69 Å². The Bertz CT molecular complexity index is 680. The molecule has 20 heavy (non-hydrogen) atoms. The first-order valence-corrected chi connectivity index (χ1v) is 7.15. The number of benzene rings is 1. The number of pyridine rings is 1. The Morgan fingerprint density at radius 2 is 1.95 bits per heavy atom. The van der Waals surface area contributed by atoms with Crippen LogP contribution < -0.4 is 5.73 Å². The van der Waals surface area contributed by atoms with Gasteiger partial charge in [0.25, 0.3) is 0 Å². The monoisotopic (exact) mass is 283 g/mol. The molecule has 0 radical (unpaired) electrons. The lowest BCUT2D eigenvalue weighted by atomic mass is 10.2. The largest absolute Gasteiger partial charge is 0.384 e. The van der Waals surface area contributed by atoms with Crippen LogP contribution in [0.4, 0.5) is 5.82 Å². The summed E-state index contributed by atoms with van der Waals surface area (Å²) in [5.41, 5.74) is 7.49. The number of aromatic nitrogens is 2. The van der Waals surface area contributed by atoms with E-state index in [-0.39, 0.29) is 0 Å². The smallest absolute Gasteiger partial charge is 0.167 e. The SMILES string of the molecule is Nc1ccc(SCc2cc(-c3ccccc3)on2)cn1. The molecule has 0 saturated heterocycles. The summed E-state index contributed by atoms with van der Waals surface area (Å²) in [7, 11) is 0. The lowest BCUT2D eigenvalue weighted by Crippen LogP contribution is -1.88. The number of nitrogens with two attached hydrogens (primary N) is 1. The number of nitrogens with zero attached hydrogens (tertiary/aromatic N) is 2. The predicted molar refractivity (Wildman–Crippen MR) is 80.1 cm³/mol. The van der Waals surface area contributed by atoms with Crippen molar-refractivity contribution < 1.29 is 4.52 Å². The molecule has 0 aliphatic heterocycles. The molecule has 100 valence electrons. The van der Waals surface area contributed by atoms with Crippen molar-refractivity contribution in [2.45, 2.75) is 10.6 Å². The molecule has 0 aliphatic rings. The lowest BCUT2D eigenvalue weighted by Gasteiger charge is -1.98. The Hall–Kier alpha value is -2.27. The average molecular weight is 283 g/mol. The number of hydrogen-bond acceptors (Lipinski definition) is 5. The van der Waals surface area contributed by atoms with Crippen LogP contribution >= 0.6 is 11.8 Å². The molecule has 0 spiro atoms. The van der Waals surface area contributed by atoms with Crippen molar-refractivity contribution in [3.63, 3.8) is 0 Å². The Kier molecular flexibility index (Phi) is 3.69. The van der Waals surface area contributed by atoms with Crippen LogP contribution in [0.3, 0.4) is 0 Å². The minimum absolute atomic E-state index is 0.530. The van der Waals surface area contributed by atoms with E-state index in [1.807, 2.05) is 42.5 Å². The molecule has 3 rings (SSSR count). The van der Waals surface area contributed by atoms with Crippen molar-refractivity contribution in [2.24, 2.45) is 0 Å². The second-order valence-corrected chi connectivity index (χ2v) is 5.30. The molecule has 2 aromatic heterocycles. The van der Waals surface area contributed by atoms with Gasteiger partial charge in [-0.3, -0.25) is 0 Å². The molecule has 0 aliphatic carbocycles. The van der Waals surface area contributed by atoms with E-state index in [2.05, 4.69) is 10.1 Å². The maximum Gasteiger partial charge on any atom is 0.167 e. The van der Waals surface area contributed by atoms with Gasteiger partial charge in [-0.15, -0.1) is 11.8 Å². The molecule has 4 nitrogen and oxygen atoms in total. The van der Waals surface area contributed by atoms with Crippen molar-refractivity contribution in [2.75, 3.05) is 5.73 Å². The minimum atomic E-state index is 0.530. The standard InChI is InChI=1S/C15H13N3OS/c16-15-7-6-13(9-17-15)20-10-12-8-14(19-18-12)11-4-2-1-3-5-11/h1-9H,10H2,(H2,16,17). The Morgan fingerprint density at radius 1 is 1.10 bits per heavy atom. The fourth-order valence-electron chi connectivity index (χ4n) is 1.75. The van der Waals surface area contributed by atoms with Gasteiger partial charge in [0.1, 0.15) is 5.82 Å². The molecule has 0 amide bonds. The van der Waals surface area contributed by atoms with Crippen LogP contribution in [0.2, 0.25) is 0 Å². The van der Waals surface area contributed by atoms with Crippen LogP contribution in [-0.4, -0.2) is 10.1 Å². The van der Waals surface area contributed by atoms with Gasteiger partial charge >= 0.3 is 0 Å². The zero-order valence-corrected chi connectivity index (χ0v) is 11.5. The maximum absolute atomic E-state index is 5.55. The van der Waals surface area contributed by atoms with Crippen LogP contribution in [0.1, 0.15) is 5.69 Å². The van der Waals surface area contributed by atoms with Gasteiger partial charge in [-0.2, -0.15) is 0 Å². The minimum Gasteiger partial charge on any atom is -0.384 e. The summed E-state index contributed by atoms with van der Waals surface area (Å²) in [5.74, 6) is 2.06. The Balaban J connectivity index is 1.67. The van der Waals surface area contributed by atoms with Gasteiger partial charge in [-0.1, -0.05) is 35.5 Å². The summed E-state index contributed by atoms with van der Waals surface area (Å²) in [6.45, 7) is 0. The van der Waals surface area contributed by atoms with Crippen LogP contribution in [0.25, 0.3) is 11.3 Å². The van der Waals surface area contributed by atoms with E-state index in [1.165, 1.54) is 0 Å². The molecule has 0 atom stereocenters. The summed E-state index contributed by atoms with van der Waals surface area (Å²) in [5, 5.41) is 4.08. The molecule has 1 aromatic carbocycles. The van der Waals surface area contributed by atoms with E-state index in [4.69, 9.17) is 10.3 Å². The molecule has 0 bridgehead atoms. The van der Waals surface area contributed by atoms with Crippen LogP contribution in [0, 0.1) is 0 Å². The van der Waals surface area contributed by atoms with Gasteiger partial charge < -0.3 is 10.3 Å². The summed E-state index contributed by atoms with van der Waals surface area (Å²) in [4.78, 5) is 5.12. The van der Waals surface area contributed by atoms with Gasteiger partial charge in [0.2, 0.25) is 0 Å². The van der Waals surface area contributed by atoms with Crippen molar-refractivity contribution >= 4 is 17.6 Å². The number of hydrogen-bond donors (Lipinski definition) is 1. The molecule has 2 heterocycles. The number of nitrogen functional groups attached to an aromatic ring is 1. The Labute approximate surface area is 121 Å². The third kappa shape index (κ3) is 3.00. The quantitative estimate of drug-likeness (QED) is 0.741. The van der Waals surface area contributed by atoms with E-state index in [0.29, 0.717) is 5.82 Å². The number of rotatable bonds is 4. The van der Waals surface area contributed by atoms with E-state index in [1.54, 1.807) is 24.0 Å². The third-order valence-corrected chi connectivity index (χ3v) is 3.78. The fourth-order valence-corrected chi connectivity index (χ4v) is 2.49. The van der Waals surface area contributed by atoms with Gasteiger partial charge in [-0.25, -0.2) is 4.98 Å². The summed E-state index contributed by atoms with van der Waals surface area (Å²) in [6, 6.07) is 15.6. The van der Waals surface area contributed by atoms with Crippen molar-refractivity contribution in [1.29, 1.82) is 0 Å². The number of anilines is 1. The highest BCUT2D eigenvalue weighted by atomic mass is 32.2. The first-order valence-electron chi connectivity index (χ1n) is 6.16. The van der Waals surface area contributed by atoms with Crippen molar-refractivity contribution in [3.8, 4) is 11.3 Å². The van der Waals surface area contributed by atoms with Crippen LogP contribution in [0.15, 0.2) is 64.1 Å². The topological polar surface area (TPSA) is 64.9 Å². The van der Waals surface area contributed by atoms with E-state index >= 15 is 0 Å². The first kappa shape index (κ1) is 12.7. The zero-order chi connectivity index (χ0) is 13.8. The van der Waals surface area contributed by atoms with Crippen molar-refractivity contribution in [1.82, 2.24) is 10.1 Å². The van der Waals surface area contributed by atoms with Gasteiger partial charge in [0.15, 0.2) is 5.76 Å². The average Bonchev–Trinajstić information content (AvgIpc) is 2.97. The van der Waals surface area contributed by atoms with E-state index in [0.717, 1.165) is 27.7 Å². The fraction of sp³-hybridized carbons (Fsp3) is 0.0667. The van der Waals surface area contributed by atoms with Gasteiger partial charge in [-0.05, 0) is 12.1 Å². The predicted octanol–water partition coefficient (Wildman–Crippen LogP) is 3.61. The van der Waals surface area contributed by atoms with E-state index < -0.39 is 0 Å². The first-order chi connectivity index (χ1) is 9.81. The molecule has 0 saturated carbocycles. The van der Waals surface area contributed by atoms with Crippen LogP contribution in [-0.2, 0) is 5.75 Å². The molecule has 0 unspecified atom stereocenters. The van der Waals surface area contributed by atoms with Crippen LogP contribution in [0.5, 0.6) is 0 Å². The summed E-state index contributed by atoms with van der Waals surface area (Å²) in [6.07, 6.45) is 1.76. The molecular weight excluding hydrogens is 270 g/mol. The second-order valence-electron chi connectivity index (χ2n) is 4.26. The highest BCUT2D eigenvalue weighted by Gasteiger charge is 2.06. The van der Waals surface area contributed by atoms with Gasteiger partial charge in [0, 0.05) is 28.5 Å². The van der Waals surface area contributed by atoms with E-state index in [9.17, 15) is 0 Å².